The van der Waals surface area contributed by atoms with Crippen molar-refractivity contribution in [2.45, 2.75) is 37.5 Å². The van der Waals surface area contributed by atoms with Crippen molar-refractivity contribution in [2.24, 2.45) is 0 Å². The summed E-state index contributed by atoms with van der Waals surface area (Å²) in [4.78, 5) is 9.00. The summed E-state index contributed by atoms with van der Waals surface area (Å²) in [6.07, 6.45) is 3.46. The molecular formula is C12H15ClFNO5S. The molecule has 0 radical (unpaired) electrons. The fourth-order valence-corrected chi connectivity index (χ4v) is 2.67. The first kappa shape index (κ1) is 17.6. The fourth-order valence-electron chi connectivity index (χ4n) is 1.68. The van der Waals surface area contributed by atoms with E-state index in [2.05, 4.69) is 0 Å². The van der Waals surface area contributed by atoms with Gasteiger partial charge >= 0.3 is 0 Å². The zero-order valence-corrected chi connectivity index (χ0v) is 12.9. The molecule has 9 heteroatoms. The number of halogens is 2. The second kappa shape index (κ2) is 7.56. The molecule has 0 heterocycles. The summed E-state index contributed by atoms with van der Waals surface area (Å²) in [6, 6.07) is 1.29. The second-order valence-electron chi connectivity index (χ2n) is 4.36. The maximum absolute atomic E-state index is 13.8. The Hall–Kier alpha value is -1.41. The van der Waals surface area contributed by atoms with Crippen LogP contribution in [0, 0.1) is 15.9 Å². The molecule has 1 aromatic rings. The molecule has 0 spiro atoms. The number of ether oxygens (including phenoxy) is 1. The number of hydrogen-bond donors (Lipinski definition) is 0. The summed E-state index contributed by atoms with van der Waals surface area (Å²) in [6.45, 7) is 2.13. The predicted molar refractivity (Wildman–Crippen MR) is 75.7 cm³/mol. The molecule has 0 saturated heterocycles. The Morgan fingerprint density at radius 1 is 1.33 bits per heavy atom. The van der Waals surface area contributed by atoms with Gasteiger partial charge in [0, 0.05) is 16.7 Å². The Bertz CT molecular complexity index is 620. The average Bonchev–Trinajstić information content (AvgIpc) is 2.38. The van der Waals surface area contributed by atoms with E-state index in [1.807, 2.05) is 6.92 Å². The third kappa shape index (κ3) is 5.13. The van der Waals surface area contributed by atoms with Gasteiger partial charge in [0.25, 0.3) is 14.7 Å². The SMILES string of the molecule is CCCCCCOc1c(F)cc([N+](=O)[O-])cc1S(=O)(=O)Cl. The van der Waals surface area contributed by atoms with Gasteiger partial charge in [-0.05, 0) is 6.42 Å². The van der Waals surface area contributed by atoms with E-state index < -0.39 is 36.1 Å². The highest BCUT2D eigenvalue weighted by Gasteiger charge is 2.25. The van der Waals surface area contributed by atoms with Gasteiger partial charge < -0.3 is 4.74 Å². The summed E-state index contributed by atoms with van der Waals surface area (Å²) in [5.41, 5.74) is -0.704. The van der Waals surface area contributed by atoms with Crippen LogP contribution in [0.4, 0.5) is 10.1 Å². The number of benzene rings is 1. The number of hydrogen-bond acceptors (Lipinski definition) is 5. The quantitative estimate of drug-likeness (QED) is 0.312. The molecule has 0 saturated carbocycles. The van der Waals surface area contributed by atoms with E-state index in [-0.39, 0.29) is 6.61 Å². The molecule has 0 fully saturated rings. The first-order valence-corrected chi connectivity index (χ1v) is 8.63. The van der Waals surface area contributed by atoms with Crippen molar-refractivity contribution in [3.8, 4) is 5.75 Å². The zero-order chi connectivity index (χ0) is 16.0. The van der Waals surface area contributed by atoms with Crippen LogP contribution in [0.2, 0.25) is 0 Å². The summed E-state index contributed by atoms with van der Waals surface area (Å²) in [7, 11) is 0.821. The minimum Gasteiger partial charge on any atom is -0.489 e. The van der Waals surface area contributed by atoms with Crippen molar-refractivity contribution in [3.05, 3.63) is 28.1 Å². The van der Waals surface area contributed by atoms with E-state index in [9.17, 15) is 22.9 Å². The van der Waals surface area contributed by atoms with Crippen molar-refractivity contribution in [1.29, 1.82) is 0 Å². The Labute approximate surface area is 126 Å². The van der Waals surface area contributed by atoms with E-state index >= 15 is 0 Å². The van der Waals surface area contributed by atoms with Crippen LogP contribution in [0.5, 0.6) is 5.75 Å². The molecule has 118 valence electrons. The van der Waals surface area contributed by atoms with Crippen LogP contribution in [0.15, 0.2) is 17.0 Å². The highest BCUT2D eigenvalue weighted by atomic mass is 35.7. The van der Waals surface area contributed by atoms with Crippen molar-refractivity contribution >= 4 is 25.4 Å². The molecule has 0 aliphatic heterocycles. The van der Waals surface area contributed by atoms with Crippen molar-refractivity contribution < 1.29 is 22.5 Å². The monoisotopic (exact) mass is 339 g/mol. The van der Waals surface area contributed by atoms with Gasteiger partial charge in [-0.3, -0.25) is 10.1 Å². The van der Waals surface area contributed by atoms with Crippen LogP contribution in [-0.4, -0.2) is 19.9 Å². The molecule has 0 unspecified atom stereocenters. The highest BCUT2D eigenvalue weighted by Crippen LogP contribution is 2.34. The van der Waals surface area contributed by atoms with Gasteiger partial charge in [0.05, 0.1) is 17.6 Å². The number of unbranched alkanes of at least 4 members (excludes halogenated alkanes) is 3. The molecule has 1 rings (SSSR count). The predicted octanol–water partition coefficient (Wildman–Crippen LogP) is 3.62. The third-order valence-corrected chi connectivity index (χ3v) is 4.04. The van der Waals surface area contributed by atoms with Gasteiger partial charge in [0.2, 0.25) is 0 Å². The Balaban J connectivity index is 3.04. The summed E-state index contributed by atoms with van der Waals surface area (Å²) < 4.78 is 41.8. The van der Waals surface area contributed by atoms with E-state index in [0.29, 0.717) is 18.6 Å². The van der Waals surface area contributed by atoms with Gasteiger partial charge in [-0.1, -0.05) is 26.2 Å². The third-order valence-electron chi connectivity index (χ3n) is 2.71. The normalized spacial score (nSPS) is 11.4. The summed E-state index contributed by atoms with van der Waals surface area (Å²) in [5, 5.41) is 10.6. The standard InChI is InChI=1S/C12H15ClFNO5S/c1-2-3-4-5-6-20-12-10(14)7-9(15(16)17)8-11(12)21(13,18)19/h7-8H,2-6H2,1H3. The lowest BCUT2D eigenvalue weighted by Gasteiger charge is -2.10. The van der Waals surface area contributed by atoms with E-state index in [0.717, 1.165) is 19.3 Å². The molecular weight excluding hydrogens is 325 g/mol. The lowest BCUT2D eigenvalue weighted by atomic mass is 10.2. The Morgan fingerprint density at radius 3 is 2.52 bits per heavy atom. The maximum Gasteiger partial charge on any atom is 0.273 e. The van der Waals surface area contributed by atoms with Crippen molar-refractivity contribution in [2.75, 3.05) is 6.61 Å². The molecule has 0 aromatic heterocycles. The summed E-state index contributed by atoms with van der Waals surface area (Å²) >= 11 is 0. The van der Waals surface area contributed by atoms with E-state index in [1.54, 1.807) is 0 Å². The number of non-ortho nitro benzene ring substituents is 1. The molecule has 0 N–H and O–H groups in total. The highest BCUT2D eigenvalue weighted by molar-refractivity contribution is 8.13. The fraction of sp³-hybridized carbons (Fsp3) is 0.500. The molecule has 0 bridgehead atoms. The zero-order valence-electron chi connectivity index (χ0n) is 11.3. The number of nitro groups is 1. The van der Waals surface area contributed by atoms with Crippen LogP contribution in [0.1, 0.15) is 32.6 Å². The largest absolute Gasteiger partial charge is 0.489 e. The molecule has 6 nitrogen and oxygen atoms in total. The average molecular weight is 340 g/mol. The van der Waals surface area contributed by atoms with Crippen molar-refractivity contribution in [1.82, 2.24) is 0 Å². The molecule has 21 heavy (non-hydrogen) atoms. The Morgan fingerprint density at radius 2 is 2.00 bits per heavy atom. The number of rotatable bonds is 8. The topological polar surface area (TPSA) is 86.5 Å². The van der Waals surface area contributed by atoms with Gasteiger partial charge in [0.15, 0.2) is 11.6 Å². The van der Waals surface area contributed by atoms with E-state index in [4.69, 9.17) is 15.4 Å². The van der Waals surface area contributed by atoms with E-state index in [1.165, 1.54) is 0 Å². The molecule has 0 aliphatic carbocycles. The van der Waals surface area contributed by atoms with Crippen LogP contribution in [-0.2, 0) is 9.05 Å². The molecule has 0 atom stereocenters. The van der Waals surface area contributed by atoms with Crippen LogP contribution < -0.4 is 4.74 Å². The smallest absolute Gasteiger partial charge is 0.273 e. The second-order valence-corrected chi connectivity index (χ2v) is 6.89. The lowest BCUT2D eigenvalue weighted by molar-refractivity contribution is -0.385. The maximum atomic E-state index is 13.8. The molecule has 0 amide bonds. The van der Waals surface area contributed by atoms with Crippen molar-refractivity contribution in [3.63, 3.8) is 0 Å². The first-order chi connectivity index (χ1) is 9.77. The van der Waals surface area contributed by atoms with Crippen LogP contribution in [0.3, 0.4) is 0 Å². The van der Waals surface area contributed by atoms with Gasteiger partial charge in [-0.15, -0.1) is 0 Å². The minimum atomic E-state index is -4.36. The molecule has 1 aromatic carbocycles. The number of nitro benzene ring substituents is 1. The lowest BCUT2D eigenvalue weighted by Crippen LogP contribution is -2.05. The number of nitrogens with zero attached hydrogens (tertiary/aromatic N) is 1. The van der Waals surface area contributed by atoms with Gasteiger partial charge in [-0.25, -0.2) is 12.8 Å². The molecule has 0 aliphatic rings. The van der Waals surface area contributed by atoms with Crippen LogP contribution in [0.25, 0.3) is 0 Å². The summed E-state index contributed by atoms with van der Waals surface area (Å²) in [5.74, 6) is -1.70. The minimum absolute atomic E-state index is 0.105. The van der Waals surface area contributed by atoms with Gasteiger partial charge in [0.1, 0.15) is 4.90 Å². The Kier molecular flexibility index (Phi) is 6.35. The van der Waals surface area contributed by atoms with Crippen LogP contribution >= 0.6 is 10.7 Å². The first-order valence-electron chi connectivity index (χ1n) is 6.32. The van der Waals surface area contributed by atoms with Gasteiger partial charge in [-0.2, -0.15) is 0 Å².